The Kier molecular flexibility index (Phi) is 12.3. The summed E-state index contributed by atoms with van der Waals surface area (Å²) in [5, 5.41) is 12.2. The molecule has 4 fully saturated rings. The van der Waals surface area contributed by atoms with E-state index in [1.54, 1.807) is 16.7 Å². The van der Waals surface area contributed by atoms with Crippen LogP contribution in [0.5, 0.6) is 0 Å². The Morgan fingerprint density at radius 3 is 2.42 bits per heavy atom. The maximum atomic E-state index is 14.6. The van der Waals surface area contributed by atoms with Crippen LogP contribution < -0.4 is 26.2 Å². The fourth-order valence-electron chi connectivity index (χ4n) is 9.11. The van der Waals surface area contributed by atoms with Crippen LogP contribution >= 0.6 is 0 Å². The molecule has 2 aromatic carbocycles. The highest BCUT2D eigenvalue weighted by Crippen LogP contribution is 2.30. The van der Waals surface area contributed by atoms with Crippen LogP contribution in [0.4, 0.5) is 16.2 Å². The van der Waals surface area contributed by atoms with E-state index in [9.17, 15) is 28.8 Å². The molecule has 7 atom stereocenters. The summed E-state index contributed by atoms with van der Waals surface area (Å²) in [5.74, 6) is -2.14. The minimum Gasteiger partial charge on any atom is -0.462 e. The number of carbonyl (C=O) groups excluding carboxylic acids is 6. The lowest BCUT2D eigenvalue weighted by molar-refractivity contribution is -0.158. The molecular formula is C42H56N8O7. The number of hydrogen-bond donors (Lipinski definition) is 4. The summed E-state index contributed by atoms with van der Waals surface area (Å²) in [6.07, 6.45) is 4.68. The summed E-state index contributed by atoms with van der Waals surface area (Å²) in [6.45, 7) is 5.29. The van der Waals surface area contributed by atoms with E-state index >= 15 is 0 Å². The molecule has 4 saturated heterocycles. The minimum absolute atomic E-state index is 0.0120. The topological polar surface area (TPSA) is 173 Å². The SMILES string of the molecule is C[C@H]1C[C@H]2C(=O)OC[C@H](NC[C@H](Cc3ccccc3)NC(=O)Nc3ccc4c(c3)CCN4C)C(=O)N3CCC[C@H]3C(=O)N3CCCC[C@H]3C(=O)N[C@@H](C)C(=O)N2C1. The Hall–Kier alpha value is -5.18. The number of benzene rings is 2. The van der Waals surface area contributed by atoms with Crippen LogP contribution in [0, 0.1) is 5.92 Å². The molecule has 306 valence electrons. The molecule has 4 N–H and O–H groups in total. The van der Waals surface area contributed by atoms with Crippen molar-refractivity contribution in [2.45, 2.75) is 101 Å². The molecule has 6 amide bonds. The second kappa shape index (κ2) is 17.5. The van der Waals surface area contributed by atoms with Crippen molar-refractivity contribution in [2.75, 3.05) is 56.6 Å². The van der Waals surface area contributed by atoms with Gasteiger partial charge in [-0.3, -0.25) is 19.2 Å². The molecule has 0 aliphatic carbocycles. The zero-order chi connectivity index (χ0) is 40.2. The van der Waals surface area contributed by atoms with Gasteiger partial charge in [0.2, 0.25) is 23.6 Å². The lowest BCUT2D eigenvalue weighted by atomic mass is 9.99. The Balaban J connectivity index is 1.13. The summed E-state index contributed by atoms with van der Waals surface area (Å²) >= 11 is 0. The number of anilines is 2. The first-order valence-electron chi connectivity index (χ1n) is 20.5. The van der Waals surface area contributed by atoms with Crippen LogP contribution in [0.25, 0.3) is 0 Å². The number of ether oxygens (including phenoxy) is 1. The third kappa shape index (κ3) is 9.03. The van der Waals surface area contributed by atoms with E-state index in [1.807, 2.05) is 62.5 Å². The largest absolute Gasteiger partial charge is 0.462 e. The van der Waals surface area contributed by atoms with Gasteiger partial charge in [0.15, 0.2) is 0 Å². The van der Waals surface area contributed by atoms with E-state index in [4.69, 9.17) is 4.74 Å². The van der Waals surface area contributed by atoms with Crippen molar-refractivity contribution in [1.82, 2.24) is 30.7 Å². The monoisotopic (exact) mass is 784 g/mol. The van der Waals surface area contributed by atoms with E-state index in [0.29, 0.717) is 57.4 Å². The Morgan fingerprint density at radius 1 is 0.860 bits per heavy atom. The van der Waals surface area contributed by atoms with E-state index < -0.39 is 66.0 Å². The third-order valence-electron chi connectivity index (χ3n) is 12.1. The number of piperidine rings is 1. The zero-order valence-corrected chi connectivity index (χ0v) is 33.2. The summed E-state index contributed by atoms with van der Waals surface area (Å²) in [7, 11) is 2.04. The van der Waals surface area contributed by atoms with Crippen LogP contribution in [0.15, 0.2) is 48.5 Å². The maximum Gasteiger partial charge on any atom is 0.328 e. The average molecular weight is 785 g/mol. The number of hydrogen-bond acceptors (Lipinski definition) is 9. The second-order valence-corrected chi connectivity index (χ2v) is 16.4. The first kappa shape index (κ1) is 40.0. The molecule has 0 bridgehead atoms. The molecule has 15 nitrogen and oxygen atoms in total. The van der Waals surface area contributed by atoms with Gasteiger partial charge in [0.1, 0.15) is 36.8 Å². The van der Waals surface area contributed by atoms with Crippen LogP contribution in [-0.4, -0.2) is 133 Å². The molecule has 0 spiro atoms. The van der Waals surface area contributed by atoms with E-state index in [1.165, 1.54) is 4.90 Å². The zero-order valence-electron chi connectivity index (χ0n) is 33.2. The van der Waals surface area contributed by atoms with Gasteiger partial charge in [-0.05, 0) is 93.5 Å². The van der Waals surface area contributed by atoms with Gasteiger partial charge in [0.25, 0.3) is 0 Å². The molecule has 2 aromatic rings. The molecule has 0 aromatic heterocycles. The van der Waals surface area contributed by atoms with Crippen molar-refractivity contribution in [2.24, 2.45) is 5.92 Å². The number of fused-ring (bicyclic) bond motifs is 4. The highest BCUT2D eigenvalue weighted by molar-refractivity contribution is 5.96. The minimum atomic E-state index is -1.06. The highest BCUT2D eigenvalue weighted by Gasteiger charge is 2.45. The van der Waals surface area contributed by atoms with Crippen molar-refractivity contribution >= 4 is 47.0 Å². The van der Waals surface area contributed by atoms with Crippen molar-refractivity contribution < 1.29 is 33.5 Å². The fourth-order valence-corrected chi connectivity index (χ4v) is 9.11. The number of urea groups is 1. The number of amides is 6. The molecule has 57 heavy (non-hydrogen) atoms. The molecule has 15 heteroatoms. The van der Waals surface area contributed by atoms with Crippen molar-refractivity contribution in [3.63, 3.8) is 0 Å². The Labute approximate surface area is 334 Å². The molecular weight excluding hydrogens is 729 g/mol. The molecule has 0 radical (unpaired) electrons. The molecule has 5 aliphatic rings. The van der Waals surface area contributed by atoms with Crippen LogP contribution in [-0.2, 0) is 41.6 Å². The predicted octanol–water partition coefficient (Wildman–Crippen LogP) is 2.04. The number of nitrogens with zero attached hydrogens (tertiary/aromatic N) is 4. The number of esters is 1. The lowest BCUT2D eigenvalue weighted by Gasteiger charge is -2.39. The average Bonchev–Trinajstić information content (AvgIpc) is 3.95. The number of likely N-dealkylation sites (N-methyl/N-ethyl adjacent to an activating group) is 1. The first-order valence-corrected chi connectivity index (χ1v) is 20.5. The van der Waals surface area contributed by atoms with Gasteiger partial charge in [0.05, 0.1) is 0 Å². The summed E-state index contributed by atoms with van der Waals surface area (Å²) in [4.78, 5) is 90.3. The standard InChI is InChI=1S/C42H56N8O7/c1-26-20-36-41(55)57-25-32(43-23-31(21-28-10-5-4-6-11-28)46-42(56)45-30-14-15-33-29(22-30)16-19-47(33)3)39(53)49-18-9-13-35(49)40(54)48-17-8-7-12-34(48)37(51)44-27(2)38(52)50(36)24-26/h4-6,10-11,14-15,22,26-27,31-32,34-36,43H,7-9,12-13,16-21,23-25H2,1-3H3,(H,44,51)(H2,45,46,56)/t26-,27-,31-,32-,34-,35-,36-/m0/s1. The van der Waals surface area contributed by atoms with Gasteiger partial charge in [-0.15, -0.1) is 0 Å². The van der Waals surface area contributed by atoms with Gasteiger partial charge in [-0.25, -0.2) is 9.59 Å². The number of rotatable bonds is 7. The van der Waals surface area contributed by atoms with Gasteiger partial charge in [0, 0.05) is 57.2 Å². The second-order valence-electron chi connectivity index (χ2n) is 16.4. The van der Waals surface area contributed by atoms with Crippen LogP contribution in [0.2, 0.25) is 0 Å². The molecule has 5 aliphatic heterocycles. The Bertz CT molecular complexity index is 1840. The van der Waals surface area contributed by atoms with E-state index in [2.05, 4.69) is 26.2 Å². The number of nitrogens with one attached hydrogen (secondary N) is 4. The van der Waals surface area contributed by atoms with Crippen molar-refractivity contribution in [3.8, 4) is 0 Å². The quantitative estimate of drug-likeness (QED) is 0.307. The maximum absolute atomic E-state index is 14.6. The molecule has 0 unspecified atom stereocenters. The first-order chi connectivity index (χ1) is 27.5. The fraction of sp³-hybridized carbons (Fsp3) is 0.571. The number of cyclic esters (lactones) is 1. The van der Waals surface area contributed by atoms with Crippen molar-refractivity contribution in [3.05, 3.63) is 59.7 Å². The molecule has 7 rings (SSSR count). The van der Waals surface area contributed by atoms with Gasteiger partial charge in [-0.2, -0.15) is 0 Å². The Morgan fingerprint density at radius 2 is 1.61 bits per heavy atom. The normalized spacial score (nSPS) is 27.6. The smallest absolute Gasteiger partial charge is 0.328 e. The van der Waals surface area contributed by atoms with Gasteiger partial charge >= 0.3 is 12.0 Å². The van der Waals surface area contributed by atoms with Gasteiger partial charge in [-0.1, -0.05) is 37.3 Å². The van der Waals surface area contributed by atoms with Gasteiger partial charge < -0.3 is 45.6 Å². The molecule has 5 heterocycles. The lowest BCUT2D eigenvalue weighted by Crippen LogP contribution is -2.61. The third-order valence-corrected chi connectivity index (χ3v) is 12.1. The summed E-state index contributed by atoms with van der Waals surface area (Å²) in [6, 6.07) is 10.2. The van der Waals surface area contributed by atoms with Crippen molar-refractivity contribution in [1.29, 1.82) is 0 Å². The van der Waals surface area contributed by atoms with E-state index in [-0.39, 0.29) is 25.0 Å². The van der Waals surface area contributed by atoms with Crippen LogP contribution in [0.1, 0.15) is 63.5 Å². The highest BCUT2D eigenvalue weighted by atomic mass is 16.5. The van der Waals surface area contributed by atoms with E-state index in [0.717, 1.165) is 42.6 Å². The summed E-state index contributed by atoms with van der Waals surface area (Å²) in [5.41, 5.74) is 3.96. The number of carbonyl (C=O) groups is 6. The predicted molar refractivity (Wildman–Crippen MR) is 213 cm³/mol. The molecule has 0 saturated carbocycles. The summed E-state index contributed by atoms with van der Waals surface area (Å²) < 4.78 is 5.88. The van der Waals surface area contributed by atoms with Crippen LogP contribution in [0.3, 0.4) is 0 Å².